The molecule has 2 rings (SSSR count). The fourth-order valence-corrected chi connectivity index (χ4v) is 1.77. The van der Waals surface area contributed by atoms with Crippen molar-refractivity contribution in [3.63, 3.8) is 0 Å². The van der Waals surface area contributed by atoms with Crippen molar-refractivity contribution in [2.45, 2.75) is 18.8 Å². The van der Waals surface area contributed by atoms with Gasteiger partial charge in [-0.3, -0.25) is 0 Å². The molecule has 1 aromatic rings. The lowest BCUT2D eigenvalue weighted by Crippen LogP contribution is -2.10. The van der Waals surface area contributed by atoms with E-state index in [1.165, 1.54) is 12.0 Å². The van der Waals surface area contributed by atoms with E-state index in [1.54, 1.807) is 0 Å². The van der Waals surface area contributed by atoms with Crippen LogP contribution in [0.25, 0.3) is 0 Å². The van der Waals surface area contributed by atoms with E-state index in [4.69, 9.17) is 5.73 Å². The second kappa shape index (κ2) is 4.48. The molecule has 1 unspecified atom stereocenters. The summed E-state index contributed by atoms with van der Waals surface area (Å²) in [4.78, 5) is 8.59. The van der Waals surface area contributed by atoms with E-state index in [0.29, 0.717) is 12.5 Å². The molecular weight excluding hydrogens is 176 g/mol. The molecule has 1 aliphatic rings. The van der Waals surface area contributed by atoms with Crippen LogP contribution in [0.5, 0.6) is 0 Å². The molecule has 0 spiro atoms. The van der Waals surface area contributed by atoms with Gasteiger partial charge in [0.25, 0.3) is 0 Å². The zero-order valence-electron chi connectivity index (χ0n) is 8.24. The van der Waals surface area contributed by atoms with Crippen LogP contribution >= 0.6 is 0 Å². The standard InChI is InChI=1S/C10H16N4/c11-3-1-10-13-6-9(7-14-10)8-2-4-12-5-8/h6-8,12H,1-5,11H2. The molecular formula is C10H16N4. The van der Waals surface area contributed by atoms with Crippen LogP contribution in [0.2, 0.25) is 0 Å². The first kappa shape index (κ1) is 9.55. The van der Waals surface area contributed by atoms with Gasteiger partial charge >= 0.3 is 0 Å². The van der Waals surface area contributed by atoms with Crippen LogP contribution in [-0.4, -0.2) is 29.6 Å². The number of nitrogens with one attached hydrogen (secondary N) is 1. The minimum absolute atomic E-state index is 0.599. The molecule has 1 aliphatic heterocycles. The van der Waals surface area contributed by atoms with E-state index in [1.807, 2.05) is 12.4 Å². The summed E-state index contributed by atoms with van der Waals surface area (Å²) in [5.74, 6) is 1.45. The lowest BCUT2D eigenvalue weighted by molar-refractivity contribution is 0.742. The Hall–Kier alpha value is -1.00. The van der Waals surface area contributed by atoms with Crippen molar-refractivity contribution in [1.29, 1.82) is 0 Å². The summed E-state index contributed by atoms with van der Waals surface area (Å²) < 4.78 is 0. The molecule has 2 heterocycles. The minimum atomic E-state index is 0.599. The highest BCUT2D eigenvalue weighted by atomic mass is 14.9. The lowest BCUT2D eigenvalue weighted by Gasteiger charge is -2.07. The van der Waals surface area contributed by atoms with Crippen molar-refractivity contribution >= 4 is 0 Å². The zero-order chi connectivity index (χ0) is 9.80. The average molecular weight is 192 g/mol. The summed E-state index contributed by atoms with van der Waals surface area (Å²) in [6, 6.07) is 0. The summed E-state index contributed by atoms with van der Waals surface area (Å²) in [7, 11) is 0. The van der Waals surface area contributed by atoms with Crippen molar-refractivity contribution in [2.24, 2.45) is 5.73 Å². The Kier molecular flexibility index (Phi) is 3.06. The first-order valence-electron chi connectivity index (χ1n) is 5.12. The Morgan fingerprint density at radius 2 is 2.21 bits per heavy atom. The third-order valence-corrected chi connectivity index (χ3v) is 2.62. The third kappa shape index (κ3) is 2.08. The molecule has 1 saturated heterocycles. The molecule has 0 bridgehead atoms. The van der Waals surface area contributed by atoms with Gasteiger partial charge in [0.1, 0.15) is 5.82 Å². The monoisotopic (exact) mass is 192 g/mol. The number of aromatic nitrogens is 2. The van der Waals surface area contributed by atoms with Crippen LogP contribution in [0.3, 0.4) is 0 Å². The van der Waals surface area contributed by atoms with Gasteiger partial charge in [-0.2, -0.15) is 0 Å². The number of nitrogens with zero attached hydrogens (tertiary/aromatic N) is 2. The van der Waals surface area contributed by atoms with E-state index >= 15 is 0 Å². The fraction of sp³-hybridized carbons (Fsp3) is 0.600. The number of nitrogens with two attached hydrogens (primary N) is 1. The van der Waals surface area contributed by atoms with Crippen LogP contribution in [0.15, 0.2) is 12.4 Å². The molecule has 3 N–H and O–H groups in total. The van der Waals surface area contributed by atoms with Crippen molar-refractivity contribution in [3.8, 4) is 0 Å². The molecule has 14 heavy (non-hydrogen) atoms. The first-order valence-corrected chi connectivity index (χ1v) is 5.12. The molecule has 1 aromatic heterocycles. The van der Waals surface area contributed by atoms with E-state index < -0.39 is 0 Å². The maximum atomic E-state index is 5.43. The third-order valence-electron chi connectivity index (χ3n) is 2.62. The van der Waals surface area contributed by atoms with Crippen LogP contribution in [0.1, 0.15) is 23.7 Å². The predicted molar refractivity (Wildman–Crippen MR) is 55.0 cm³/mol. The maximum absolute atomic E-state index is 5.43. The molecule has 0 saturated carbocycles. The largest absolute Gasteiger partial charge is 0.330 e. The maximum Gasteiger partial charge on any atom is 0.129 e. The van der Waals surface area contributed by atoms with Crippen LogP contribution in [-0.2, 0) is 6.42 Å². The number of hydrogen-bond donors (Lipinski definition) is 2. The lowest BCUT2D eigenvalue weighted by atomic mass is 10.0. The smallest absolute Gasteiger partial charge is 0.129 e. The number of rotatable bonds is 3. The van der Waals surface area contributed by atoms with Gasteiger partial charge in [-0.25, -0.2) is 9.97 Å². The Morgan fingerprint density at radius 1 is 1.43 bits per heavy atom. The highest BCUT2D eigenvalue weighted by Gasteiger charge is 2.16. The van der Waals surface area contributed by atoms with Gasteiger partial charge in [0, 0.05) is 31.3 Å². The van der Waals surface area contributed by atoms with Gasteiger partial charge in [0.15, 0.2) is 0 Å². The van der Waals surface area contributed by atoms with E-state index in [2.05, 4.69) is 15.3 Å². The molecule has 0 radical (unpaired) electrons. The van der Waals surface area contributed by atoms with Gasteiger partial charge in [0.2, 0.25) is 0 Å². The van der Waals surface area contributed by atoms with Gasteiger partial charge in [-0.05, 0) is 25.1 Å². The fourth-order valence-electron chi connectivity index (χ4n) is 1.77. The molecule has 0 aliphatic carbocycles. The van der Waals surface area contributed by atoms with Crippen molar-refractivity contribution < 1.29 is 0 Å². The molecule has 76 valence electrons. The molecule has 0 aromatic carbocycles. The summed E-state index contributed by atoms with van der Waals surface area (Å²) >= 11 is 0. The van der Waals surface area contributed by atoms with Gasteiger partial charge in [-0.1, -0.05) is 0 Å². The topological polar surface area (TPSA) is 63.8 Å². The van der Waals surface area contributed by atoms with Gasteiger partial charge in [-0.15, -0.1) is 0 Å². The molecule has 0 amide bonds. The zero-order valence-corrected chi connectivity index (χ0v) is 8.24. The van der Waals surface area contributed by atoms with Gasteiger partial charge < -0.3 is 11.1 Å². The van der Waals surface area contributed by atoms with Crippen molar-refractivity contribution in [1.82, 2.24) is 15.3 Å². The van der Waals surface area contributed by atoms with Crippen LogP contribution in [0, 0.1) is 0 Å². The quantitative estimate of drug-likeness (QED) is 0.710. The summed E-state index contributed by atoms with van der Waals surface area (Å²) in [6.45, 7) is 2.78. The highest BCUT2D eigenvalue weighted by molar-refractivity contribution is 5.14. The Balaban J connectivity index is 2.05. The Morgan fingerprint density at radius 3 is 2.79 bits per heavy atom. The number of hydrogen-bond acceptors (Lipinski definition) is 4. The average Bonchev–Trinajstić information content (AvgIpc) is 2.72. The molecule has 1 fully saturated rings. The normalized spacial score (nSPS) is 21.4. The molecule has 1 atom stereocenters. The van der Waals surface area contributed by atoms with Gasteiger partial charge in [0.05, 0.1) is 0 Å². The highest BCUT2D eigenvalue weighted by Crippen LogP contribution is 2.20. The minimum Gasteiger partial charge on any atom is -0.330 e. The van der Waals surface area contributed by atoms with Crippen molar-refractivity contribution in [2.75, 3.05) is 19.6 Å². The summed E-state index contributed by atoms with van der Waals surface area (Å²) in [6.07, 6.45) is 5.84. The predicted octanol–water partition coefficient (Wildman–Crippen LogP) is 0.0547. The first-order chi connectivity index (χ1) is 6.90. The molecule has 4 heteroatoms. The SMILES string of the molecule is NCCc1ncc(C2CCNC2)cn1. The van der Waals surface area contributed by atoms with E-state index in [0.717, 1.165) is 25.3 Å². The molecule has 4 nitrogen and oxygen atoms in total. The van der Waals surface area contributed by atoms with E-state index in [9.17, 15) is 0 Å². The van der Waals surface area contributed by atoms with Crippen molar-refractivity contribution in [3.05, 3.63) is 23.8 Å². The Labute approximate surface area is 83.9 Å². The van der Waals surface area contributed by atoms with E-state index in [-0.39, 0.29) is 0 Å². The second-order valence-electron chi connectivity index (χ2n) is 3.66. The van der Waals surface area contributed by atoms with Crippen LogP contribution in [0.4, 0.5) is 0 Å². The van der Waals surface area contributed by atoms with Crippen LogP contribution < -0.4 is 11.1 Å². The Bertz CT molecular complexity index is 277. The second-order valence-corrected chi connectivity index (χ2v) is 3.66. The summed E-state index contributed by atoms with van der Waals surface area (Å²) in [5, 5.41) is 3.34. The summed E-state index contributed by atoms with van der Waals surface area (Å²) in [5.41, 5.74) is 6.68.